The van der Waals surface area contributed by atoms with Gasteiger partial charge in [0.05, 0.1) is 0 Å². The van der Waals surface area contributed by atoms with Crippen molar-refractivity contribution in [2.75, 3.05) is 0 Å². The topological polar surface area (TPSA) is 43.4 Å². The molecule has 7 unspecified atom stereocenters. The molecule has 0 radical (unpaired) electrons. The van der Waals surface area contributed by atoms with Crippen molar-refractivity contribution in [2.24, 2.45) is 46.8 Å². The summed E-state index contributed by atoms with van der Waals surface area (Å²) in [5.74, 6) is 5.90. The molecule has 7 aliphatic rings. The Morgan fingerprint density at radius 2 is 1.85 bits per heavy atom. The van der Waals surface area contributed by atoms with Gasteiger partial charge in [-0.1, -0.05) is 18.1 Å². The fourth-order valence-electron chi connectivity index (χ4n) is 9.22. The molecule has 0 aromatic carbocycles. The summed E-state index contributed by atoms with van der Waals surface area (Å²) >= 11 is 0. The number of hydrogen-bond acceptors (Lipinski definition) is 3. The van der Waals surface area contributed by atoms with Crippen molar-refractivity contribution >= 4 is 11.8 Å². The third-order valence-electron chi connectivity index (χ3n) is 10.2. The molecule has 0 aromatic heterocycles. The largest absolute Gasteiger partial charge is 0.458 e. The summed E-state index contributed by atoms with van der Waals surface area (Å²) in [6.07, 6.45) is 9.37. The first-order valence-corrected chi connectivity index (χ1v) is 11.0. The first-order chi connectivity index (χ1) is 12.5. The van der Waals surface area contributed by atoms with Crippen molar-refractivity contribution in [3.8, 4) is 0 Å². The van der Waals surface area contributed by atoms with Gasteiger partial charge in [-0.3, -0.25) is 9.59 Å². The molecule has 3 heteroatoms. The molecule has 1 aliphatic heterocycles. The molecule has 5 fully saturated rings. The molecule has 4 saturated carbocycles. The summed E-state index contributed by atoms with van der Waals surface area (Å²) in [4.78, 5) is 24.1. The standard InChI is InChI=1S/C23H28O3/c1-22-6-4-13-12-3-2-11(24)8-14(12)15-9-16(15)20(13)21(22)17-10-18(17)23(22)7-5-19(25)26-23/h13,15-18,20-21H,2-10H2,1H3/t13?,15?,16?,17?,18?,20?,21?,22-,23-/m0/s1. The lowest BCUT2D eigenvalue weighted by atomic mass is 9.50. The van der Waals surface area contributed by atoms with Crippen LogP contribution in [0.5, 0.6) is 0 Å². The minimum Gasteiger partial charge on any atom is -0.458 e. The van der Waals surface area contributed by atoms with E-state index in [9.17, 15) is 9.59 Å². The average molecular weight is 352 g/mol. The number of ether oxygens (including phenoxy) is 1. The van der Waals surface area contributed by atoms with Crippen molar-refractivity contribution in [3.05, 3.63) is 11.1 Å². The number of ketones is 1. The van der Waals surface area contributed by atoms with Crippen LogP contribution in [0.15, 0.2) is 11.1 Å². The first kappa shape index (κ1) is 14.9. The summed E-state index contributed by atoms with van der Waals surface area (Å²) in [7, 11) is 0. The molecule has 1 saturated heterocycles. The summed E-state index contributed by atoms with van der Waals surface area (Å²) in [5, 5.41) is 0. The van der Waals surface area contributed by atoms with E-state index in [-0.39, 0.29) is 17.0 Å². The number of carbonyl (C=O) groups is 2. The molecule has 9 atom stereocenters. The lowest BCUT2D eigenvalue weighted by Crippen LogP contribution is -2.54. The first-order valence-electron chi connectivity index (χ1n) is 11.0. The third kappa shape index (κ3) is 1.49. The van der Waals surface area contributed by atoms with E-state index in [0.717, 1.165) is 61.2 Å². The van der Waals surface area contributed by atoms with E-state index >= 15 is 0 Å². The van der Waals surface area contributed by atoms with E-state index in [1.54, 1.807) is 11.1 Å². The van der Waals surface area contributed by atoms with Crippen LogP contribution in [0.25, 0.3) is 0 Å². The second-order valence-electron chi connectivity index (χ2n) is 10.8. The summed E-state index contributed by atoms with van der Waals surface area (Å²) in [5.41, 5.74) is 3.40. The molecule has 26 heavy (non-hydrogen) atoms. The molecule has 0 amide bonds. The Morgan fingerprint density at radius 1 is 0.962 bits per heavy atom. The molecule has 7 rings (SSSR count). The van der Waals surface area contributed by atoms with Crippen LogP contribution in [0.3, 0.4) is 0 Å². The number of hydrogen-bond donors (Lipinski definition) is 0. The van der Waals surface area contributed by atoms with Gasteiger partial charge < -0.3 is 4.74 Å². The molecule has 0 N–H and O–H groups in total. The second-order valence-corrected chi connectivity index (χ2v) is 10.8. The van der Waals surface area contributed by atoms with Crippen molar-refractivity contribution < 1.29 is 14.3 Å². The van der Waals surface area contributed by atoms with E-state index in [0.29, 0.717) is 18.1 Å². The van der Waals surface area contributed by atoms with Gasteiger partial charge in [-0.15, -0.1) is 0 Å². The zero-order valence-electron chi connectivity index (χ0n) is 15.6. The number of Topliss-reactive ketones (excluding diaryl/α,β-unsaturated/α-hetero) is 1. The lowest BCUT2D eigenvalue weighted by Gasteiger charge is -2.55. The fraction of sp³-hybridized carbons (Fsp3) is 0.826. The van der Waals surface area contributed by atoms with Crippen LogP contribution in [0.1, 0.15) is 64.7 Å². The van der Waals surface area contributed by atoms with Crippen LogP contribution >= 0.6 is 0 Å². The Bertz CT molecular complexity index is 795. The highest BCUT2D eigenvalue weighted by Crippen LogP contribution is 2.80. The third-order valence-corrected chi connectivity index (χ3v) is 10.2. The molecule has 1 spiro atoms. The monoisotopic (exact) mass is 352 g/mol. The number of rotatable bonds is 0. The van der Waals surface area contributed by atoms with E-state index in [1.165, 1.54) is 25.7 Å². The molecule has 0 bridgehead atoms. The van der Waals surface area contributed by atoms with Crippen molar-refractivity contribution in [3.63, 3.8) is 0 Å². The quantitative estimate of drug-likeness (QED) is 0.488. The molecular formula is C23H28O3. The smallest absolute Gasteiger partial charge is 0.306 e. The van der Waals surface area contributed by atoms with E-state index in [1.807, 2.05) is 0 Å². The molecular weight excluding hydrogens is 324 g/mol. The summed E-state index contributed by atoms with van der Waals surface area (Å²) < 4.78 is 6.19. The van der Waals surface area contributed by atoms with Gasteiger partial charge in [0.1, 0.15) is 11.4 Å². The fourth-order valence-corrected chi connectivity index (χ4v) is 9.22. The Balaban J connectivity index is 1.32. The maximum atomic E-state index is 12.1. The SMILES string of the molecule is C[C@]12CCC3C4=C(CC(=O)CC4)C4CC4C3C1C1CC1[C@@]21CCC(=O)O1. The van der Waals surface area contributed by atoms with Gasteiger partial charge in [0.15, 0.2) is 0 Å². The van der Waals surface area contributed by atoms with E-state index in [4.69, 9.17) is 4.74 Å². The van der Waals surface area contributed by atoms with Gasteiger partial charge >= 0.3 is 5.97 Å². The maximum absolute atomic E-state index is 12.1. The minimum absolute atomic E-state index is 0.0587. The number of carbonyl (C=O) groups excluding carboxylic acids is 2. The van der Waals surface area contributed by atoms with Crippen LogP contribution in [0, 0.1) is 46.8 Å². The van der Waals surface area contributed by atoms with Crippen LogP contribution in [0.4, 0.5) is 0 Å². The van der Waals surface area contributed by atoms with Crippen LogP contribution in [-0.2, 0) is 14.3 Å². The minimum atomic E-state index is -0.119. The zero-order chi connectivity index (χ0) is 17.4. The number of allylic oxidation sites excluding steroid dienone is 2. The highest BCUT2D eigenvalue weighted by molar-refractivity contribution is 5.83. The predicted octanol–water partition coefficient (Wildman–Crippen LogP) is 4.06. The Morgan fingerprint density at radius 3 is 2.65 bits per heavy atom. The number of esters is 1. The Kier molecular flexibility index (Phi) is 2.46. The van der Waals surface area contributed by atoms with Crippen LogP contribution < -0.4 is 0 Å². The lowest BCUT2D eigenvalue weighted by molar-refractivity contribution is -0.172. The van der Waals surface area contributed by atoms with E-state index in [2.05, 4.69) is 6.92 Å². The van der Waals surface area contributed by atoms with Crippen LogP contribution in [0.2, 0.25) is 0 Å². The highest BCUT2D eigenvalue weighted by Gasteiger charge is 2.79. The van der Waals surface area contributed by atoms with Crippen LogP contribution in [-0.4, -0.2) is 17.4 Å². The van der Waals surface area contributed by atoms with Gasteiger partial charge in [-0.25, -0.2) is 0 Å². The Hall–Kier alpha value is -1.12. The average Bonchev–Trinajstić information content (AvgIpc) is 3.51. The zero-order valence-corrected chi connectivity index (χ0v) is 15.6. The Labute approximate surface area is 154 Å². The molecule has 0 aromatic rings. The van der Waals surface area contributed by atoms with Crippen molar-refractivity contribution in [2.45, 2.75) is 70.3 Å². The molecule has 138 valence electrons. The van der Waals surface area contributed by atoms with Gasteiger partial charge in [-0.2, -0.15) is 0 Å². The van der Waals surface area contributed by atoms with E-state index < -0.39 is 0 Å². The van der Waals surface area contributed by atoms with Gasteiger partial charge in [-0.05, 0) is 74.0 Å². The molecule has 6 aliphatic carbocycles. The van der Waals surface area contributed by atoms with Gasteiger partial charge in [0, 0.05) is 30.6 Å². The normalized spacial score (nSPS) is 58.6. The van der Waals surface area contributed by atoms with Crippen molar-refractivity contribution in [1.29, 1.82) is 0 Å². The van der Waals surface area contributed by atoms with Gasteiger partial charge in [0.2, 0.25) is 0 Å². The molecule has 1 heterocycles. The second kappa shape index (κ2) is 4.31. The highest BCUT2D eigenvalue weighted by atomic mass is 16.6. The predicted molar refractivity (Wildman–Crippen MR) is 94.9 cm³/mol. The maximum Gasteiger partial charge on any atom is 0.306 e. The summed E-state index contributed by atoms with van der Waals surface area (Å²) in [6, 6.07) is 0. The van der Waals surface area contributed by atoms with Gasteiger partial charge in [0.25, 0.3) is 0 Å². The van der Waals surface area contributed by atoms with Crippen molar-refractivity contribution in [1.82, 2.24) is 0 Å². The molecule has 3 nitrogen and oxygen atoms in total. The number of fused-ring (bicyclic) bond motifs is 11. The summed E-state index contributed by atoms with van der Waals surface area (Å²) in [6.45, 7) is 2.49.